The van der Waals surface area contributed by atoms with E-state index in [1.54, 1.807) is 6.33 Å². The molecular formula is C20H24N4O. The van der Waals surface area contributed by atoms with Gasteiger partial charge >= 0.3 is 0 Å². The molecule has 3 rings (SSSR count). The lowest BCUT2D eigenvalue weighted by Gasteiger charge is -2.12. The van der Waals surface area contributed by atoms with Gasteiger partial charge in [-0.3, -0.25) is 4.79 Å². The summed E-state index contributed by atoms with van der Waals surface area (Å²) in [5.74, 6) is -0.127. The lowest BCUT2D eigenvalue weighted by Crippen LogP contribution is -2.25. The molecule has 2 heterocycles. The Hall–Kier alpha value is -2.69. The smallest absolute Gasteiger partial charge is 0.269 e. The Morgan fingerprint density at radius 3 is 2.72 bits per heavy atom. The fourth-order valence-corrected chi connectivity index (χ4v) is 2.88. The van der Waals surface area contributed by atoms with E-state index in [2.05, 4.69) is 22.2 Å². The summed E-state index contributed by atoms with van der Waals surface area (Å²) >= 11 is 0. The Balaban J connectivity index is 2.01. The van der Waals surface area contributed by atoms with E-state index in [1.165, 1.54) is 0 Å². The van der Waals surface area contributed by atoms with E-state index in [0.717, 1.165) is 47.2 Å². The van der Waals surface area contributed by atoms with Crippen LogP contribution in [0.1, 0.15) is 48.1 Å². The van der Waals surface area contributed by atoms with Gasteiger partial charge in [-0.25, -0.2) is 9.97 Å². The van der Waals surface area contributed by atoms with Crippen molar-refractivity contribution < 1.29 is 4.79 Å². The Morgan fingerprint density at radius 2 is 2.00 bits per heavy atom. The highest BCUT2D eigenvalue weighted by Gasteiger charge is 2.14. The molecule has 5 nitrogen and oxygen atoms in total. The fourth-order valence-electron chi connectivity index (χ4n) is 2.88. The number of nitrogens with one attached hydrogen (secondary N) is 1. The molecule has 0 unspecified atom stereocenters. The number of amides is 1. The molecule has 0 saturated heterocycles. The molecular weight excluding hydrogens is 312 g/mol. The molecule has 3 aromatic rings. The van der Waals surface area contributed by atoms with Gasteiger partial charge < -0.3 is 9.88 Å². The Kier molecular flexibility index (Phi) is 5.12. The normalized spacial score (nSPS) is 11.0. The Labute approximate surface area is 148 Å². The number of hydrogen-bond donors (Lipinski definition) is 1. The molecule has 0 aliphatic heterocycles. The number of benzene rings is 1. The van der Waals surface area contributed by atoms with Crippen LogP contribution in [0.2, 0.25) is 0 Å². The quantitative estimate of drug-likeness (QED) is 0.693. The third-order valence-corrected chi connectivity index (χ3v) is 4.50. The van der Waals surface area contributed by atoms with Crippen LogP contribution < -0.4 is 5.32 Å². The molecule has 1 amide bonds. The van der Waals surface area contributed by atoms with E-state index in [1.807, 2.05) is 48.7 Å². The number of rotatable bonds is 6. The molecule has 5 heteroatoms. The van der Waals surface area contributed by atoms with Gasteiger partial charge in [0.25, 0.3) is 5.91 Å². The third-order valence-electron chi connectivity index (χ3n) is 4.50. The van der Waals surface area contributed by atoms with Crippen molar-refractivity contribution in [2.24, 2.45) is 0 Å². The highest BCUT2D eigenvalue weighted by molar-refractivity contribution is 5.97. The molecule has 0 radical (unpaired) electrons. The summed E-state index contributed by atoms with van der Waals surface area (Å²) in [4.78, 5) is 21.5. The summed E-state index contributed by atoms with van der Waals surface area (Å²) in [5.41, 5.74) is 4.22. The predicted octanol–water partition coefficient (Wildman–Crippen LogP) is 3.96. The van der Waals surface area contributed by atoms with Gasteiger partial charge in [-0.2, -0.15) is 0 Å². The highest BCUT2D eigenvalue weighted by Crippen LogP contribution is 2.24. The van der Waals surface area contributed by atoms with Crippen LogP contribution in [-0.2, 0) is 0 Å². The van der Waals surface area contributed by atoms with Gasteiger partial charge in [-0.05, 0) is 32.4 Å². The lowest BCUT2D eigenvalue weighted by molar-refractivity contribution is 0.0948. The first-order valence-electron chi connectivity index (χ1n) is 8.80. The Bertz CT molecular complexity index is 898. The maximum atomic E-state index is 12.5. The van der Waals surface area contributed by atoms with Gasteiger partial charge in [0, 0.05) is 17.6 Å². The second-order valence-corrected chi connectivity index (χ2v) is 6.29. The third kappa shape index (κ3) is 3.55. The molecule has 25 heavy (non-hydrogen) atoms. The number of nitrogens with zero attached hydrogens (tertiary/aromatic N) is 3. The van der Waals surface area contributed by atoms with Crippen molar-refractivity contribution >= 4 is 16.8 Å². The van der Waals surface area contributed by atoms with E-state index < -0.39 is 0 Å². The SMILES string of the molecule is CCCCCNC(=O)c1cc(-n2cnc(C)c2C)c2ccccc2n1. The molecule has 0 aliphatic rings. The van der Waals surface area contributed by atoms with Gasteiger partial charge in [0.15, 0.2) is 0 Å². The minimum absolute atomic E-state index is 0.127. The zero-order valence-electron chi connectivity index (χ0n) is 15.0. The van der Waals surface area contributed by atoms with Crippen molar-refractivity contribution in [3.05, 3.63) is 53.7 Å². The molecule has 0 atom stereocenters. The first kappa shape index (κ1) is 17.1. The first-order valence-corrected chi connectivity index (χ1v) is 8.80. The molecule has 130 valence electrons. The number of hydrogen-bond acceptors (Lipinski definition) is 3. The topological polar surface area (TPSA) is 59.8 Å². The number of para-hydroxylation sites is 1. The number of unbranched alkanes of at least 4 members (excludes halogenated alkanes) is 2. The molecule has 0 saturated carbocycles. The zero-order chi connectivity index (χ0) is 17.8. The average molecular weight is 336 g/mol. The molecule has 0 bridgehead atoms. The fraction of sp³-hybridized carbons (Fsp3) is 0.350. The molecule has 0 aliphatic carbocycles. The van der Waals surface area contributed by atoms with Gasteiger partial charge in [-0.1, -0.05) is 38.0 Å². The second-order valence-electron chi connectivity index (χ2n) is 6.29. The summed E-state index contributed by atoms with van der Waals surface area (Å²) < 4.78 is 2.02. The molecule has 0 spiro atoms. The van der Waals surface area contributed by atoms with E-state index in [0.29, 0.717) is 12.2 Å². The van der Waals surface area contributed by atoms with Crippen LogP contribution in [0.25, 0.3) is 16.6 Å². The van der Waals surface area contributed by atoms with E-state index in [9.17, 15) is 4.79 Å². The standard InChI is InChI=1S/C20H24N4O/c1-4-5-8-11-21-20(25)18-12-19(24-13-22-14(2)15(24)3)16-9-6-7-10-17(16)23-18/h6-7,9-10,12-13H,4-5,8,11H2,1-3H3,(H,21,25). The van der Waals surface area contributed by atoms with Crippen LogP contribution in [-0.4, -0.2) is 27.0 Å². The molecule has 0 fully saturated rings. The lowest BCUT2D eigenvalue weighted by atomic mass is 10.1. The van der Waals surface area contributed by atoms with Crippen LogP contribution >= 0.6 is 0 Å². The monoisotopic (exact) mass is 336 g/mol. The zero-order valence-corrected chi connectivity index (χ0v) is 15.0. The van der Waals surface area contributed by atoms with Gasteiger partial charge in [0.1, 0.15) is 5.69 Å². The van der Waals surface area contributed by atoms with Gasteiger partial charge in [-0.15, -0.1) is 0 Å². The summed E-state index contributed by atoms with van der Waals surface area (Å²) in [5, 5.41) is 3.98. The summed E-state index contributed by atoms with van der Waals surface area (Å²) in [6.07, 6.45) is 5.04. The number of fused-ring (bicyclic) bond motifs is 1. The number of imidazole rings is 1. The van der Waals surface area contributed by atoms with Crippen molar-refractivity contribution in [2.45, 2.75) is 40.0 Å². The number of aryl methyl sites for hydroxylation is 1. The van der Waals surface area contributed by atoms with Crippen molar-refractivity contribution in [2.75, 3.05) is 6.54 Å². The summed E-state index contributed by atoms with van der Waals surface area (Å²) in [7, 11) is 0. The minimum atomic E-state index is -0.127. The van der Waals surface area contributed by atoms with Crippen LogP contribution in [0.4, 0.5) is 0 Å². The minimum Gasteiger partial charge on any atom is -0.351 e. The molecule has 1 N–H and O–H groups in total. The first-order chi connectivity index (χ1) is 12.1. The number of carbonyl (C=O) groups is 1. The number of carbonyl (C=O) groups excluding carboxylic acids is 1. The number of aromatic nitrogens is 3. The van der Waals surface area contributed by atoms with E-state index >= 15 is 0 Å². The number of pyridine rings is 1. The van der Waals surface area contributed by atoms with Gasteiger partial charge in [0.2, 0.25) is 0 Å². The highest BCUT2D eigenvalue weighted by atomic mass is 16.1. The largest absolute Gasteiger partial charge is 0.351 e. The van der Waals surface area contributed by atoms with Crippen molar-refractivity contribution in [3.8, 4) is 5.69 Å². The summed E-state index contributed by atoms with van der Waals surface area (Å²) in [6, 6.07) is 9.73. The van der Waals surface area contributed by atoms with Crippen molar-refractivity contribution in [1.29, 1.82) is 0 Å². The summed E-state index contributed by atoms with van der Waals surface area (Å²) in [6.45, 7) is 6.84. The molecule has 1 aromatic carbocycles. The second kappa shape index (κ2) is 7.47. The molecule has 2 aromatic heterocycles. The van der Waals surface area contributed by atoms with Crippen molar-refractivity contribution in [1.82, 2.24) is 19.9 Å². The maximum absolute atomic E-state index is 12.5. The maximum Gasteiger partial charge on any atom is 0.269 e. The van der Waals surface area contributed by atoms with E-state index in [-0.39, 0.29) is 5.91 Å². The predicted molar refractivity (Wildman–Crippen MR) is 100 cm³/mol. The van der Waals surface area contributed by atoms with E-state index in [4.69, 9.17) is 0 Å². The van der Waals surface area contributed by atoms with Crippen LogP contribution in [0.5, 0.6) is 0 Å². The van der Waals surface area contributed by atoms with Crippen LogP contribution in [0, 0.1) is 13.8 Å². The Morgan fingerprint density at radius 1 is 1.20 bits per heavy atom. The van der Waals surface area contributed by atoms with Crippen molar-refractivity contribution in [3.63, 3.8) is 0 Å². The average Bonchev–Trinajstić information content (AvgIpc) is 2.96. The van der Waals surface area contributed by atoms with Crippen LogP contribution in [0.15, 0.2) is 36.7 Å². The van der Waals surface area contributed by atoms with Gasteiger partial charge in [0.05, 0.1) is 23.2 Å². The van der Waals surface area contributed by atoms with Crippen LogP contribution in [0.3, 0.4) is 0 Å².